The fraction of sp³-hybridized carbons (Fsp3) is 0.467. The molecule has 1 aromatic carbocycles. The predicted octanol–water partition coefficient (Wildman–Crippen LogP) is 4.28. The van der Waals surface area contributed by atoms with Crippen molar-refractivity contribution in [2.75, 3.05) is 13.7 Å². The van der Waals surface area contributed by atoms with Gasteiger partial charge in [-0.2, -0.15) is 0 Å². The first-order valence-corrected chi connectivity index (χ1v) is 7.29. The van der Waals surface area contributed by atoms with Gasteiger partial charge < -0.3 is 10.1 Å². The zero-order chi connectivity index (χ0) is 13.1. The van der Waals surface area contributed by atoms with Crippen LogP contribution in [0.1, 0.15) is 36.8 Å². The first-order chi connectivity index (χ1) is 8.67. The van der Waals surface area contributed by atoms with Crippen LogP contribution in [0, 0.1) is 6.92 Å². The molecule has 1 N–H and O–H groups in total. The molecule has 3 heteroatoms. The van der Waals surface area contributed by atoms with E-state index in [2.05, 4.69) is 38.2 Å². The van der Waals surface area contributed by atoms with Crippen LogP contribution in [0.25, 0.3) is 10.1 Å². The number of hydrogen-bond acceptors (Lipinski definition) is 3. The quantitative estimate of drug-likeness (QED) is 0.869. The van der Waals surface area contributed by atoms with Crippen LogP contribution in [0.3, 0.4) is 0 Å². The maximum atomic E-state index is 5.30. The topological polar surface area (TPSA) is 21.3 Å². The minimum Gasteiger partial charge on any atom is -0.497 e. The number of methoxy groups -OCH3 is 1. The molecule has 0 saturated heterocycles. The van der Waals surface area contributed by atoms with Crippen LogP contribution in [0.2, 0.25) is 0 Å². The number of hydrogen-bond donors (Lipinski definition) is 1. The Labute approximate surface area is 113 Å². The first-order valence-electron chi connectivity index (χ1n) is 6.47. The van der Waals surface area contributed by atoms with E-state index in [-0.39, 0.29) is 0 Å². The monoisotopic (exact) mass is 263 g/mol. The van der Waals surface area contributed by atoms with Gasteiger partial charge in [0.15, 0.2) is 0 Å². The molecule has 1 atom stereocenters. The van der Waals surface area contributed by atoms with Crippen molar-refractivity contribution in [1.82, 2.24) is 5.32 Å². The number of aryl methyl sites for hydroxylation is 1. The van der Waals surface area contributed by atoms with Crippen LogP contribution >= 0.6 is 11.3 Å². The second kappa shape index (κ2) is 5.72. The van der Waals surface area contributed by atoms with E-state index in [0.717, 1.165) is 12.3 Å². The largest absolute Gasteiger partial charge is 0.497 e. The molecule has 0 spiro atoms. The Hall–Kier alpha value is -1.06. The first kappa shape index (κ1) is 13.4. The van der Waals surface area contributed by atoms with Crippen LogP contribution in [-0.4, -0.2) is 13.7 Å². The summed E-state index contributed by atoms with van der Waals surface area (Å²) in [6.07, 6.45) is 1.17. The van der Waals surface area contributed by atoms with Gasteiger partial charge in [0.05, 0.1) is 7.11 Å². The second-order valence-electron chi connectivity index (χ2n) is 4.63. The fourth-order valence-corrected chi connectivity index (χ4v) is 3.43. The summed E-state index contributed by atoms with van der Waals surface area (Å²) in [5, 5.41) is 4.88. The minimum atomic E-state index is 0.424. The SMILES string of the molecule is CCCNC(C)c1sc2ccc(OC)cc2c1C. The minimum absolute atomic E-state index is 0.424. The summed E-state index contributed by atoms with van der Waals surface area (Å²) in [7, 11) is 1.72. The maximum absolute atomic E-state index is 5.30. The fourth-order valence-electron chi connectivity index (χ4n) is 2.21. The summed E-state index contributed by atoms with van der Waals surface area (Å²) in [4.78, 5) is 1.44. The lowest BCUT2D eigenvalue weighted by molar-refractivity contribution is 0.415. The number of thiophene rings is 1. The van der Waals surface area contributed by atoms with E-state index in [9.17, 15) is 0 Å². The van der Waals surface area contributed by atoms with Gasteiger partial charge in [-0.3, -0.25) is 0 Å². The number of fused-ring (bicyclic) bond motifs is 1. The Morgan fingerprint density at radius 3 is 2.83 bits per heavy atom. The van der Waals surface area contributed by atoms with Crippen molar-refractivity contribution in [2.24, 2.45) is 0 Å². The highest BCUT2D eigenvalue weighted by Gasteiger charge is 2.14. The van der Waals surface area contributed by atoms with Crippen LogP contribution in [0.15, 0.2) is 18.2 Å². The molecule has 18 heavy (non-hydrogen) atoms. The molecular weight excluding hydrogens is 242 g/mol. The standard InChI is InChI=1S/C15H21NOS/c1-5-8-16-11(3)15-10(2)13-9-12(17-4)6-7-14(13)18-15/h6-7,9,11,16H,5,8H2,1-4H3. The van der Waals surface area contributed by atoms with E-state index in [1.807, 2.05) is 17.4 Å². The lowest BCUT2D eigenvalue weighted by atomic mass is 10.1. The number of rotatable bonds is 5. The third kappa shape index (κ3) is 2.52. The molecule has 0 saturated carbocycles. The Morgan fingerprint density at radius 1 is 1.39 bits per heavy atom. The molecule has 0 bridgehead atoms. The van der Waals surface area contributed by atoms with Crippen molar-refractivity contribution in [1.29, 1.82) is 0 Å². The molecule has 1 heterocycles. The van der Waals surface area contributed by atoms with Gasteiger partial charge in [0.2, 0.25) is 0 Å². The molecule has 0 aliphatic rings. The van der Waals surface area contributed by atoms with Gasteiger partial charge >= 0.3 is 0 Å². The third-order valence-corrected chi connectivity index (χ3v) is 4.73. The van der Waals surface area contributed by atoms with Gasteiger partial charge in [0, 0.05) is 15.6 Å². The van der Waals surface area contributed by atoms with E-state index in [4.69, 9.17) is 4.74 Å². The Balaban J connectivity index is 2.37. The van der Waals surface area contributed by atoms with Crippen molar-refractivity contribution >= 4 is 21.4 Å². The van der Waals surface area contributed by atoms with Crippen molar-refractivity contribution < 1.29 is 4.74 Å². The summed E-state index contributed by atoms with van der Waals surface area (Å²) < 4.78 is 6.64. The number of benzene rings is 1. The predicted molar refractivity (Wildman–Crippen MR) is 79.8 cm³/mol. The van der Waals surface area contributed by atoms with Gasteiger partial charge in [-0.25, -0.2) is 0 Å². The molecule has 2 rings (SSSR count). The zero-order valence-corrected chi connectivity index (χ0v) is 12.4. The van der Waals surface area contributed by atoms with E-state index in [0.29, 0.717) is 6.04 Å². The average Bonchev–Trinajstić information content (AvgIpc) is 2.73. The van der Waals surface area contributed by atoms with E-state index >= 15 is 0 Å². The molecule has 0 fully saturated rings. The summed E-state index contributed by atoms with van der Waals surface area (Å²) in [6, 6.07) is 6.75. The third-order valence-electron chi connectivity index (χ3n) is 3.27. The van der Waals surface area contributed by atoms with E-state index in [1.165, 1.54) is 26.9 Å². The molecule has 98 valence electrons. The molecule has 0 aliphatic heterocycles. The molecule has 0 aliphatic carbocycles. The lowest BCUT2D eigenvalue weighted by Gasteiger charge is -2.12. The molecule has 0 amide bonds. The summed E-state index contributed by atoms with van der Waals surface area (Å²) in [5.74, 6) is 0.934. The molecule has 2 nitrogen and oxygen atoms in total. The highest BCUT2D eigenvalue weighted by molar-refractivity contribution is 7.19. The molecule has 2 aromatic rings. The van der Waals surface area contributed by atoms with Crippen LogP contribution in [0.5, 0.6) is 5.75 Å². The van der Waals surface area contributed by atoms with Gasteiger partial charge in [0.25, 0.3) is 0 Å². The van der Waals surface area contributed by atoms with Gasteiger partial charge in [0.1, 0.15) is 5.75 Å². The molecule has 0 radical (unpaired) electrons. The Morgan fingerprint density at radius 2 is 2.17 bits per heavy atom. The lowest BCUT2D eigenvalue weighted by Crippen LogP contribution is -2.18. The van der Waals surface area contributed by atoms with Gasteiger partial charge in [-0.15, -0.1) is 11.3 Å². The molecule has 1 aromatic heterocycles. The van der Waals surface area contributed by atoms with E-state index < -0.39 is 0 Å². The summed E-state index contributed by atoms with van der Waals surface area (Å²) in [6.45, 7) is 7.71. The molecular formula is C15H21NOS. The van der Waals surface area contributed by atoms with E-state index in [1.54, 1.807) is 7.11 Å². The van der Waals surface area contributed by atoms with Crippen molar-refractivity contribution in [3.8, 4) is 5.75 Å². The maximum Gasteiger partial charge on any atom is 0.119 e. The van der Waals surface area contributed by atoms with Crippen molar-refractivity contribution in [3.63, 3.8) is 0 Å². The smallest absolute Gasteiger partial charge is 0.119 e. The zero-order valence-electron chi connectivity index (χ0n) is 11.5. The highest BCUT2D eigenvalue weighted by atomic mass is 32.1. The average molecular weight is 263 g/mol. The van der Waals surface area contributed by atoms with Gasteiger partial charge in [-0.1, -0.05) is 6.92 Å². The second-order valence-corrected chi connectivity index (χ2v) is 5.71. The summed E-state index contributed by atoms with van der Waals surface area (Å²) >= 11 is 1.88. The van der Waals surface area contributed by atoms with Gasteiger partial charge in [-0.05, 0) is 56.0 Å². The van der Waals surface area contributed by atoms with Crippen LogP contribution in [-0.2, 0) is 0 Å². The molecule has 1 unspecified atom stereocenters. The normalized spacial score (nSPS) is 12.9. The van der Waals surface area contributed by atoms with Crippen LogP contribution < -0.4 is 10.1 Å². The Bertz CT molecular complexity index is 533. The number of ether oxygens (including phenoxy) is 1. The van der Waals surface area contributed by atoms with Crippen LogP contribution in [0.4, 0.5) is 0 Å². The number of nitrogens with one attached hydrogen (secondary N) is 1. The summed E-state index contributed by atoms with van der Waals surface area (Å²) in [5.41, 5.74) is 1.38. The Kier molecular flexibility index (Phi) is 4.25. The van der Waals surface area contributed by atoms with Crippen molar-refractivity contribution in [2.45, 2.75) is 33.2 Å². The van der Waals surface area contributed by atoms with Crippen molar-refractivity contribution in [3.05, 3.63) is 28.6 Å². The highest BCUT2D eigenvalue weighted by Crippen LogP contribution is 2.36.